The van der Waals surface area contributed by atoms with Gasteiger partial charge in [0, 0.05) is 4.47 Å². The van der Waals surface area contributed by atoms with Crippen molar-refractivity contribution in [3.63, 3.8) is 0 Å². The summed E-state index contributed by atoms with van der Waals surface area (Å²) in [7, 11) is 1.50. The van der Waals surface area contributed by atoms with Crippen LogP contribution in [0, 0.1) is 0 Å². The van der Waals surface area contributed by atoms with Crippen molar-refractivity contribution in [3.05, 3.63) is 82.2 Å². The Morgan fingerprint density at radius 2 is 1.85 bits per heavy atom. The SMILES string of the molecule is COc1ccc(Br)cc1C(=O)Nc1ccccc1C(=O)NCc1ccco1. The van der Waals surface area contributed by atoms with Crippen LogP contribution in [0.5, 0.6) is 5.75 Å². The molecule has 0 aliphatic heterocycles. The molecule has 2 amide bonds. The number of carbonyl (C=O) groups is 2. The molecule has 138 valence electrons. The second-order valence-corrected chi connectivity index (χ2v) is 6.52. The van der Waals surface area contributed by atoms with E-state index >= 15 is 0 Å². The van der Waals surface area contributed by atoms with Crippen molar-refractivity contribution >= 4 is 33.4 Å². The van der Waals surface area contributed by atoms with Crippen LogP contribution in [-0.2, 0) is 6.54 Å². The quantitative estimate of drug-likeness (QED) is 0.615. The second-order valence-electron chi connectivity index (χ2n) is 5.61. The fraction of sp³-hybridized carbons (Fsp3) is 0.100. The molecule has 0 bridgehead atoms. The van der Waals surface area contributed by atoms with Crippen molar-refractivity contribution in [2.75, 3.05) is 12.4 Å². The average molecular weight is 429 g/mol. The summed E-state index contributed by atoms with van der Waals surface area (Å²) in [5, 5.41) is 5.55. The number of carbonyl (C=O) groups excluding carboxylic acids is 2. The summed E-state index contributed by atoms with van der Waals surface area (Å²) in [5.74, 6) is 0.391. The summed E-state index contributed by atoms with van der Waals surface area (Å²) in [6, 6.07) is 15.5. The molecular formula is C20H17BrN2O4. The van der Waals surface area contributed by atoms with Gasteiger partial charge < -0.3 is 19.8 Å². The topological polar surface area (TPSA) is 80.6 Å². The van der Waals surface area contributed by atoms with E-state index < -0.39 is 0 Å². The lowest BCUT2D eigenvalue weighted by Crippen LogP contribution is -2.24. The number of methoxy groups -OCH3 is 1. The molecular weight excluding hydrogens is 412 g/mol. The number of anilines is 1. The number of para-hydroxylation sites is 1. The van der Waals surface area contributed by atoms with E-state index in [-0.39, 0.29) is 18.4 Å². The number of hydrogen-bond donors (Lipinski definition) is 2. The van der Waals surface area contributed by atoms with Gasteiger partial charge >= 0.3 is 0 Å². The Morgan fingerprint density at radius 1 is 1.04 bits per heavy atom. The Hall–Kier alpha value is -3.06. The average Bonchev–Trinajstić information content (AvgIpc) is 3.20. The molecule has 0 aliphatic carbocycles. The molecule has 0 saturated carbocycles. The molecule has 0 saturated heterocycles. The monoisotopic (exact) mass is 428 g/mol. The summed E-state index contributed by atoms with van der Waals surface area (Å²) in [6.45, 7) is 0.258. The first-order valence-corrected chi connectivity index (χ1v) is 8.92. The molecule has 0 radical (unpaired) electrons. The van der Waals surface area contributed by atoms with Gasteiger partial charge in [-0.05, 0) is 42.5 Å². The lowest BCUT2D eigenvalue weighted by molar-refractivity contribution is 0.0949. The zero-order valence-electron chi connectivity index (χ0n) is 14.5. The maximum atomic E-state index is 12.7. The van der Waals surface area contributed by atoms with E-state index in [1.807, 2.05) is 0 Å². The first-order valence-electron chi connectivity index (χ1n) is 8.13. The molecule has 0 fully saturated rings. The van der Waals surface area contributed by atoms with Gasteiger partial charge in [0.05, 0.1) is 36.7 Å². The highest BCUT2D eigenvalue weighted by molar-refractivity contribution is 9.10. The number of ether oxygens (including phenoxy) is 1. The van der Waals surface area contributed by atoms with Crippen LogP contribution < -0.4 is 15.4 Å². The Kier molecular flexibility index (Phi) is 5.93. The molecule has 3 aromatic rings. The van der Waals surface area contributed by atoms with Crippen molar-refractivity contribution in [2.24, 2.45) is 0 Å². The van der Waals surface area contributed by atoms with Crippen molar-refractivity contribution in [3.8, 4) is 5.75 Å². The molecule has 2 aromatic carbocycles. The van der Waals surface area contributed by atoms with Crippen LogP contribution in [0.15, 0.2) is 69.8 Å². The smallest absolute Gasteiger partial charge is 0.259 e. The van der Waals surface area contributed by atoms with Crippen LogP contribution in [0.2, 0.25) is 0 Å². The van der Waals surface area contributed by atoms with E-state index in [1.165, 1.54) is 7.11 Å². The minimum absolute atomic E-state index is 0.258. The molecule has 1 heterocycles. The van der Waals surface area contributed by atoms with Gasteiger partial charge in [-0.2, -0.15) is 0 Å². The van der Waals surface area contributed by atoms with Crippen LogP contribution in [0.3, 0.4) is 0 Å². The molecule has 6 nitrogen and oxygen atoms in total. The molecule has 27 heavy (non-hydrogen) atoms. The molecule has 3 rings (SSSR count). The van der Waals surface area contributed by atoms with Gasteiger partial charge in [0.1, 0.15) is 11.5 Å². The zero-order valence-corrected chi connectivity index (χ0v) is 16.1. The van der Waals surface area contributed by atoms with E-state index in [4.69, 9.17) is 9.15 Å². The number of rotatable bonds is 6. The molecule has 2 N–H and O–H groups in total. The van der Waals surface area contributed by atoms with Crippen LogP contribution >= 0.6 is 15.9 Å². The van der Waals surface area contributed by atoms with Crippen molar-refractivity contribution in [1.82, 2.24) is 5.32 Å². The van der Waals surface area contributed by atoms with Gasteiger partial charge in [0.15, 0.2) is 0 Å². The van der Waals surface area contributed by atoms with Gasteiger partial charge in [-0.25, -0.2) is 0 Å². The highest BCUT2D eigenvalue weighted by atomic mass is 79.9. The molecule has 1 aromatic heterocycles. The van der Waals surface area contributed by atoms with Gasteiger partial charge in [-0.1, -0.05) is 28.1 Å². The number of nitrogens with one attached hydrogen (secondary N) is 2. The Balaban J connectivity index is 1.78. The van der Waals surface area contributed by atoms with E-state index in [0.29, 0.717) is 28.3 Å². The predicted octanol–water partition coefficient (Wildman–Crippen LogP) is 4.23. The summed E-state index contributed by atoms with van der Waals surface area (Å²) < 4.78 is 11.2. The number of hydrogen-bond acceptors (Lipinski definition) is 4. The van der Waals surface area contributed by atoms with E-state index in [9.17, 15) is 9.59 Å². The minimum Gasteiger partial charge on any atom is -0.496 e. The lowest BCUT2D eigenvalue weighted by atomic mass is 10.1. The lowest BCUT2D eigenvalue weighted by Gasteiger charge is -2.13. The predicted molar refractivity (Wildman–Crippen MR) is 105 cm³/mol. The fourth-order valence-corrected chi connectivity index (χ4v) is 2.87. The molecule has 0 spiro atoms. The third-order valence-corrected chi connectivity index (χ3v) is 4.32. The van der Waals surface area contributed by atoms with Crippen LogP contribution in [-0.4, -0.2) is 18.9 Å². The van der Waals surface area contributed by atoms with Crippen LogP contribution in [0.4, 0.5) is 5.69 Å². The van der Waals surface area contributed by atoms with E-state index in [0.717, 1.165) is 4.47 Å². The van der Waals surface area contributed by atoms with Crippen molar-refractivity contribution in [2.45, 2.75) is 6.54 Å². The van der Waals surface area contributed by atoms with Gasteiger partial charge in [-0.3, -0.25) is 9.59 Å². The summed E-state index contributed by atoms with van der Waals surface area (Å²) in [6.07, 6.45) is 1.54. The van der Waals surface area contributed by atoms with Crippen molar-refractivity contribution in [1.29, 1.82) is 0 Å². The molecule has 0 atom stereocenters. The first kappa shape index (κ1) is 18.7. The summed E-state index contributed by atoms with van der Waals surface area (Å²) >= 11 is 3.35. The number of halogens is 1. The third kappa shape index (κ3) is 4.57. The Morgan fingerprint density at radius 3 is 2.59 bits per heavy atom. The summed E-state index contributed by atoms with van der Waals surface area (Å²) in [5.41, 5.74) is 1.12. The fourth-order valence-electron chi connectivity index (χ4n) is 2.51. The number of furan rings is 1. The maximum Gasteiger partial charge on any atom is 0.259 e. The van der Waals surface area contributed by atoms with Gasteiger partial charge in [-0.15, -0.1) is 0 Å². The van der Waals surface area contributed by atoms with Gasteiger partial charge in [0.25, 0.3) is 11.8 Å². The molecule has 0 unspecified atom stereocenters. The largest absolute Gasteiger partial charge is 0.496 e. The van der Waals surface area contributed by atoms with E-state index in [1.54, 1.807) is 60.9 Å². The van der Waals surface area contributed by atoms with Gasteiger partial charge in [0.2, 0.25) is 0 Å². The van der Waals surface area contributed by atoms with Crippen molar-refractivity contribution < 1.29 is 18.7 Å². The zero-order chi connectivity index (χ0) is 19.2. The highest BCUT2D eigenvalue weighted by Gasteiger charge is 2.17. The highest BCUT2D eigenvalue weighted by Crippen LogP contribution is 2.25. The Bertz CT molecular complexity index is 954. The minimum atomic E-state index is -0.376. The normalized spacial score (nSPS) is 10.3. The molecule has 0 aliphatic rings. The second kappa shape index (κ2) is 8.55. The van der Waals surface area contributed by atoms with E-state index in [2.05, 4.69) is 26.6 Å². The first-order chi connectivity index (χ1) is 13.1. The van der Waals surface area contributed by atoms with Crippen LogP contribution in [0.1, 0.15) is 26.5 Å². The number of amides is 2. The standard InChI is InChI=1S/C20H17BrN2O4/c1-26-18-9-8-13(21)11-16(18)20(25)23-17-7-3-2-6-15(17)19(24)22-12-14-5-4-10-27-14/h2-11H,12H2,1H3,(H,22,24)(H,23,25). The summed E-state index contributed by atoms with van der Waals surface area (Å²) in [4.78, 5) is 25.2. The third-order valence-electron chi connectivity index (χ3n) is 3.83. The maximum absolute atomic E-state index is 12.7. The number of benzene rings is 2. The molecule has 7 heteroatoms. The Labute approximate surface area is 164 Å². The van der Waals surface area contributed by atoms with Crippen LogP contribution in [0.25, 0.3) is 0 Å².